The normalized spacial score (nSPS) is 8.67. The molecule has 0 aliphatic carbocycles. The Morgan fingerprint density at radius 2 is 2.17 bits per heavy atom. The van der Waals surface area contributed by atoms with Crippen LogP contribution in [0, 0.1) is 12.3 Å². The summed E-state index contributed by atoms with van der Waals surface area (Å²) in [4.78, 5) is 21.3. The molecule has 0 fully saturated rings. The lowest BCUT2D eigenvalue weighted by atomic mass is 10.3. The van der Waals surface area contributed by atoms with E-state index in [2.05, 4.69) is 11.2 Å². The van der Waals surface area contributed by atoms with Crippen LogP contribution in [0.15, 0.2) is 0 Å². The first kappa shape index (κ1) is 10.7. The second-order valence-corrected chi connectivity index (χ2v) is 2.54. The molecule has 1 amide bonds. The van der Waals surface area contributed by atoms with Crippen LogP contribution in [0.1, 0.15) is 26.2 Å². The third-order valence-corrected chi connectivity index (χ3v) is 1.23. The summed E-state index contributed by atoms with van der Waals surface area (Å²) in [6.07, 6.45) is 6.39. The summed E-state index contributed by atoms with van der Waals surface area (Å²) in [7, 11) is 0. The van der Waals surface area contributed by atoms with Gasteiger partial charge in [-0.1, -0.05) is 0 Å². The Hall–Kier alpha value is -1.30. The van der Waals surface area contributed by atoms with Gasteiger partial charge in [0.05, 0.1) is 6.42 Å². The van der Waals surface area contributed by atoms with Crippen LogP contribution in [0.5, 0.6) is 0 Å². The van der Waals surface area contributed by atoms with Crippen LogP contribution in [-0.2, 0) is 9.59 Å². The highest BCUT2D eigenvalue weighted by Gasteiger charge is 2.02. The summed E-state index contributed by atoms with van der Waals surface area (Å²) in [5.41, 5.74) is 0. The molecule has 12 heavy (non-hydrogen) atoms. The van der Waals surface area contributed by atoms with Crippen LogP contribution in [0.25, 0.3) is 0 Å². The number of carbonyl (C=O) groups excluding carboxylic acids is 2. The molecule has 0 rings (SSSR count). The molecule has 3 nitrogen and oxygen atoms in total. The number of hydrogen-bond acceptors (Lipinski definition) is 2. The minimum atomic E-state index is -0.223. The van der Waals surface area contributed by atoms with Crippen molar-refractivity contribution in [2.45, 2.75) is 26.2 Å². The largest absolute Gasteiger partial charge is 0.356 e. The Kier molecular flexibility index (Phi) is 5.72. The van der Waals surface area contributed by atoms with E-state index in [0.717, 1.165) is 6.42 Å². The molecule has 0 aliphatic heterocycles. The average Bonchev–Trinajstić information content (AvgIpc) is 1.97. The maximum atomic E-state index is 10.8. The molecule has 1 N–H and O–H groups in total. The van der Waals surface area contributed by atoms with E-state index in [1.54, 1.807) is 0 Å². The van der Waals surface area contributed by atoms with E-state index >= 15 is 0 Å². The highest BCUT2D eigenvalue weighted by atomic mass is 16.2. The fourth-order valence-corrected chi connectivity index (χ4v) is 0.707. The lowest BCUT2D eigenvalue weighted by molar-refractivity contribution is -0.127. The highest BCUT2D eigenvalue weighted by Crippen LogP contribution is 1.85. The van der Waals surface area contributed by atoms with Gasteiger partial charge in [0.15, 0.2) is 0 Å². The van der Waals surface area contributed by atoms with Crippen molar-refractivity contribution in [3.05, 3.63) is 0 Å². The first-order valence-electron chi connectivity index (χ1n) is 3.86. The average molecular weight is 167 g/mol. The first-order chi connectivity index (χ1) is 5.66. The summed E-state index contributed by atoms with van der Waals surface area (Å²) in [5, 5.41) is 2.59. The van der Waals surface area contributed by atoms with Crippen LogP contribution in [0.3, 0.4) is 0 Å². The molecule has 0 bridgehead atoms. The van der Waals surface area contributed by atoms with Gasteiger partial charge in [-0.3, -0.25) is 9.59 Å². The third kappa shape index (κ3) is 6.81. The molecule has 3 heteroatoms. The molecule has 0 saturated carbocycles. The zero-order chi connectivity index (χ0) is 9.40. The first-order valence-corrected chi connectivity index (χ1v) is 3.86. The summed E-state index contributed by atoms with van der Waals surface area (Å²) >= 11 is 0. The van der Waals surface area contributed by atoms with Gasteiger partial charge in [0, 0.05) is 13.0 Å². The van der Waals surface area contributed by atoms with Crippen LogP contribution in [0.2, 0.25) is 0 Å². The van der Waals surface area contributed by atoms with Crippen molar-refractivity contribution in [1.82, 2.24) is 5.32 Å². The van der Waals surface area contributed by atoms with Gasteiger partial charge in [0.1, 0.15) is 5.78 Å². The summed E-state index contributed by atoms with van der Waals surface area (Å²) < 4.78 is 0. The minimum absolute atomic E-state index is 0.0317. The van der Waals surface area contributed by atoms with Gasteiger partial charge in [-0.15, -0.1) is 12.3 Å². The van der Waals surface area contributed by atoms with Crippen LogP contribution in [0.4, 0.5) is 0 Å². The zero-order valence-electron chi connectivity index (χ0n) is 7.22. The van der Waals surface area contributed by atoms with E-state index in [1.165, 1.54) is 6.92 Å². The number of terminal acetylenes is 1. The van der Waals surface area contributed by atoms with Gasteiger partial charge in [-0.05, 0) is 13.3 Å². The van der Waals surface area contributed by atoms with Gasteiger partial charge >= 0.3 is 0 Å². The molecule has 0 saturated heterocycles. The van der Waals surface area contributed by atoms with Crippen LogP contribution in [-0.4, -0.2) is 18.2 Å². The van der Waals surface area contributed by atoms with Crippen LogP contribution >= 0.6 is 0 Å². The van der Waals surface area contributed by atoms with Crippen molar-refractivity contribution in [1.29, 1.82) is 0 Å². The van der Waals surface area contributed by atoms with E-state index in [9.17, 15) is 9.59 Å². The predicted octanol–water partition coefficient (Wildman–Crippen LogP) is 0.495. The number of unbranched alkanes of at least 4 members (excludes halogenated alkanes) is 1. The van der Waals surface area contributed by atoms with Crippen molar-refractivity contribution in [2.24, 2.45) is 0 Å². The molecule has 0 atom stereocenters. The Morgan fingerprint density at radius 3 is 2.67 bits per heavy atom. The zero-order valence-corrected chi connectivity index (χ0v) is 7.22. The molecular formula is C9H13NO2. The molecule has 0 unspecified atom stereocenters. The quantitative estimate of drug-likeness (QED) is 0.368. The van der Waals surface area contributed by atoms with Crippen molar-refractivity contribution in [3.8, 4) is 12.3 Å². The monoisotopic (exact) mass is 167 g/mol. The fraction of sp³-hybridized carbons (Fsp3) is 0.556. The molecule has 0 aliphatic rings. The number of carbonyl (C=O) groups is 2. The van der Waals surface area contributed by atoms with Crippen molar-refractivity contribution < 1.29 is 9.59 Å². The Bertz CT molecular complexity index is 203. The molecule has 0 aromatic rings. The van der Waals surface area contributed by atoms with Crippen molar-refractivity contribution >= 4 is 11.7 Å². The molecule has 0 radical (unpaired) electrons. The lowest BCUT2D eigenvalue weighted by Crippen LogP contribution is -2.25. The third-order valence-electron chi connectivity index (χ3n) is 1.23. The molecule has 66 valence electrons. The van der Waals surface area contributed by atoms with Gasteiger partial charge in [0.2, 0.25) is 5.91 Å². The number of hydrogen-bond donors (Lipinski definition) is 1. The number of Topliss-reactive ketones (excluding diaryl/α,β-unsaturated/α-hetero) is 1. The van der Waals surface area contributed by atoms with Gasteiger partial charge in [-0.25, -0.2) is 0 Å². The fourth-order valence-electron chi connectivity index (χ4n) is 0.707. The smallest absolute Gasteiger partial charge is 0.227 e. The van der Waals surface area contributed by atoms with E-state index < -0.39 is 0 Å². The van der Waals surface area contributed by atoms with E-state index in [-0.39, 0.29) is 18.1 Å². The topological polar surface area (TPSA) is 46.2 Å². The molecule has 0 aromatic heterocycles. The Morgan fingerprint density at radius 1 is 1.50 bits per heavy atom. The van der Waals surface area contributed by atoms with E-state index in [1.807, 2.05) is 0 Å². The van der Waals surface area contributed by atoms with Gasteiger partial charge in [0.25, 0.3) is 0 Å². The molecular weight excluding hydrogens is 154 g/mol. The van der Waals surface area contributed by atoms with Crippen molar-refractivity contribution in [2.75, 3.05) is 6.54 Å². The highest BCUT2D eigenvalue weighted by molar-refractivity contribution is 5.96. The van der Waals surface area contributed by atoms with E-state index in [4.69, 9.17) is 6.42 Å². The van der Waals surface area contributed by atoms with Crippen LogP contribution < -0.4 is 5.32 Å². The maximum absolute atomic E-state index is 10.8. The number of amides is 1. The standard InChI is InChI=1S/C9H13NO2/c1-3-4-5-6-10-9(12)7-8(2)11/h1H,4-7H2,2H3,(H,10,12). The predicted molar refractivity (Wildman–Crippen MR) is 46.4 cm³/mol. The molecule has 0 heterocycles. The summed E-state index contributed by atoms with van der Waals surface area (Å²) in [5.74, 6) is 2.12. The lowest BCUT2D eigenvalue weighted by Gasteiger charge is -2.00. The van der Waals surface area contributed by atoms with E-state index in [0.29, 0.717) is 13.0 Å². The second-order valence-electron chi connectivity index (χ2n) is 2.54. The van der Waals surface area contributed by atoms with Gasteiger partial charge in [-0.2, -0.15) is 0 Å². The number of ketones is 1. The Labute approximate surface area is 72.5 Å². The Balaban J connectivity index is 3.33. The maximum Gasteiger partial charge on any atom is 0.227 e. The molecule has 0 aromatic carbocycles. The summed E-state index contributed by atoms with van der Waals surface area (Å²) in [6, 6.07) is 0. The van der Waals surface area contributed by atoms with Gasteiger partial charge < -0.3 is 5.32 Å². The number of nitrogens with one attached hydrogen (secondary N) is 1. The second kappa shape index (κ2) is 6.41. The minimum Gasteiger partial charge on any atom is -0.356 e. The number of rotatable bonds is 5. The molecule has 0 spiro atoms. The SMILES string of the molecule is C#CCCCNC(=O)CC(C)=O. The van der Waals surface area contributed by atoms with Crippen molar-refractivity contribution in [3.63, 3.8) is 0 Å². The summed E-state index contributed by atoms with van der Waals surface area (Å²) in [6.45, 7) is 1.94.